The summed E-state index contributed by atoms with van der Waals surface area (Å²) in [7, 11) is 0. The van der Waals surface area contributed by atoms with Gasteiger partial charge in [-0.15, -0.1) is 12.4 Å². The third-order valence-electron chi connectivity index (χ3n) is 7.00. The number of benzene rings is 2. The highest BCUT2D eigenvalue weighted by Gasteiger charge is 2.56. The molecule has 0 radical (unpaired) electrons. The van der Waals surface area contributed by atoms with Gasteiger partial charge in [0.2, 0.25) is 0 Å². The fraction of sp³-hybridized carbons (Fsp3) is 0.500. The lowest BCUT2D eigenvalue weighted by Gasteiger charge is -2.60. The molecule has 4 fully saturated rings. The van der Waals surface area contributed by atoms with Gasteiger partial charge in [-0.1, -0.05) is 36.4 Å². The first-order valence-corrected chi connectivity index (χ1v) is 10.4. The number of ether oxygens (including phenoxy) is 1. The standard InChI is InChI=1S/C24H28FNO2.ClH/c25-21-7-3-1-6-20(21)15-28-22-8-4-2-5-19(22)14-26-23-10-17-9-18(11-23)13-24(27,12-17)16-23;/h1-8,17-18,26-27H,9-16H2;1H. The molecule has 0 amide bonds. The number of nitrogens with one attached hydrogen (secondary N) is 1. The van der Waals surface area contributed by atoms with Crippen molar-refractivity contribution < 1.29 is 14.2 Å². The van der Waals surface area contributed by atoms with Gasteiger partial charge in [0.25, 0.3) is 0 Å². The van der Waals surface area contributed by atoms with Crippen LogP contribution >= 0.6 is 12.4 Å². The average Bonchev–Trinajstić information content (AvgIpc) is 2.64. The van der Waals surface area contributed by atoms with Crippen LogP contribution in [0.3, 0.4) is 0 Å². The lowest BCUT2D eigenvalue weighted by Crippen LogP contribution is -2.64. The van der Waals surface area contributed by atoms with Crippen molar-refractivity contribution in [3.05, 3.63) is 65.5 Å². The van der Waals surface area contributed by atoms with E-state index in [-0.39, 0.29) is 30.4 Å². The fourth-order valence-electron chi connectivity index (χ4n) is 6.27. The Morgan fingerprint density at radius 3 is 2.31 bits per heavy atom. The highest BCUT2D eigenvalue weighted by atomic mass is 35.5. The van der Waals surface area contributed by atoms with Crippen LogP contribution < -0.4 is 10.1 Å². The molecule has 5 heteroatoms. The Hall–Kier alpha value is -1.62. The van der Waals surface area contributed by atoms with Crippen molar-refractivity contribution in [3.63, 3.8) is 0 Å². The molecule has 4 aliphatic rings. The third-order valence-corrected chi connectivity index (χ3v) is 7.00. The monoisotopic (exact) mass is 417 g/mol. The van der Waals surface area contributed by atoms with E-state index >= 15 is 0 Å². The van der Waals surface area contributed by atoms with Crippen molar-refractivity contribution in [2.75, 3.05) is 0 Å². The van der Waals surface area contributed by atoms with Crippen molar-refractivity contribution in [2.24, 2.45) is 11.8 Å². The van der Waals surface area contributed by atoms with Gasteiger partial charge in [-0.25, -0.2) is 4.39 Å². The highest BCUT2D eigenvalue weighted by Crippen LogP contribution is 2.57. The van der Waals surface area contributed by atoms with Crippen LogP contribution in [0.4, 0.5) is 4.39 Å². The van der Waals surface area contributed by atoms with E-state index in [4.69, 9.17) is 4.74 Å². The van der Waals surface area contributed by atoms with E-state index in [1.165, 1.54) is 25.3 Å². The molecule has 2 N–H and O–H groups in total. The third kappa shape index (κ3) is 4.16. The number of hydrogen-bond acceptors (Lipinski definition) is 3. The molecule has 0 saturated heterocycles. The van der Waals surface area contributed by atoms with Crippen LogP contribution in [0.1, 0.15) is 49.7 Å². The lowest BCUT2D eigenvalue weighted by molar-refractivity contribution is -0.142. The Morgan fingerprint density at radius 1 is 0.966 bits per heavy atom. The number of hydrogen-bond donors (Lipinski definition) is 2. The molecule has 0 aromatic heterocycles. The zero-order valence-electron chi connectivity index (χ0n) is 16.6. The molecule has 4 saturated carbocycles. The van der Waals surface area contributed by atoms with Gasteiger partial charge < -0.3 is 15.2 Å². The molecular weight excluding hydrogens is 389 g/mol. The molecule has 156 valence electrons. The number of para-hydroxylation sites is 1. The van der Waals surface area contributed by atoms with Crippen molar-refractivity contribution in [2.45, 2.75) is 62.8 Å². The summed E-state index contributed by atoms with van der Waals surface area (Å²) in [6.07, 6.45) is 6.46. The predicted octanol–water partition coefficient (Wildman–Crippen LogP) is 5.00. The SMILES string of the molecule is Cl.OC12CC3CC(C1)CC(NCc1ccccc1OCc1ccccc1F)(C3)C2. The van der Waals surface area contributed by atoms with Gasteiger partial charge in [0.1, 0.15) is 18.2 Å². The summed E-state index contributed by atoms with van der Waals surface area (Å²) in [5, 5.41) is 14.8. The molecule has 0 heterocycles. The molecule has 6 rings (SSSR count). The maximum absolute atomic E-state index is 13.9. The summed E-state index contributed by atoms with van der Waals surface area (Å²) >= 11 is 0. The highest BCUT2D eigenvalue weighted by molar-refractivity contribution is 5.85. The van der Waals surface area contributed by atoms with Crippen molar-refractivity contribution in [1.29, 1.82) is 0 Å². The summed E-state index contributed by atoms with van der Waals surface area (Å²) in [6, 6.07) is 14.7. The predicted molar refractivity (Wildman–Crippen MR) is 114 cm³/mol. The molecule has 0 aliphatic heterocycles. The lowest BCUT2D eigenvalue weighted by atomic mass is 9.51. The van der Waals surface area contributed by atoms with E-state index in [1.54, 1.807) is 12.1 Å². The van der Waals surface area contributed by atoms with E-state index < -0.39 is 5.60 Å². The van der Waals surface area contributed by atoms with E-state index in [1.807, 2.05) is 24.3 Å². The van der Waals surface area contributed by atoms with E-state index in [0.717, 1.165) is 30.6 Å². The van der Waals surface area contributed by atoms with E-state index in [2.05, 4.69) is 11.4 Å². The molecule has 0 spiro atoms. The Morgan fingerprint density at radius 2 is 1.62 bits per heavy atom. The summed E-state index contributed by atoms with van der Waals surface area (Å²) in [6.45, 7) is 0.932. The van der Waals surface area contributed by atoms with Crippen LogP contribution in [0.15, 0.2) is 48.5 Å². The second kappa shape index (κ2) is 7.90. The van der Waals surface area contributed by atoms with E-state index in [9.17, 15) is 9.50 Å². The molecule has 2 aromatic rings. The van der Waals surface area contributed by atoms with Crippen molar-refractivity contribution in [3.8, 4) is 5.75 Å². The minimum atomic E-state index is -0.460. The van der Waals surface area contributed by atoms with Crippen LogP contribution in [-0.2, 0) is 13.2 Å². The Balaban J connectivity index is 0.00000205. The second-order valence-corrected chi connectivity index (χ2v) is 9.31. The summed E-state index contributed by atoms with van der Waals surface area (Å²) in [4.78, 5) is 0. The van der Waals surface area contributed by atoms with Crippen LogP contribution in [0.25, 0.3) is 0 Å². The minimum Gasteiger partial charge on any atom is -0.488 e. The fourth-order valence-corrected chi connectivity index (χ4v) is 6.27. The molecular formula is C24H29ClFNO2. The number of aliphatic hydroxyl groups is 1. The molecule has 29 heavy (non-hydrogen) atoms. The molecule has 2 aromatic carbocycles. The van der Waals surface area contributed by atoms with Crippen LogP contribution in [0, 0.1) is 17.7 Å². The summed E-state index contributed by atoms with van der Waals surface area (Å²) in [5.41, 5.74) is 1.24. The first-order valence-electron chi connectivity index (χ1n) is 10.4. The minimum absolute atomic E-state index is 0. The average molecular weight is 418 g/mol. The van der Waals surface area contributed by atoms with Gasteiger partial charge in [-0.05, 0) is 62.5 Å². The zero-order valence-corrected chi connectivity index (χ0v) is 17.4. The van der Waals surface area contributed by atoms with Crippen molar-refractivity contribution >= 4 is 12.4 Å². The Labute approximate surface area is 178 Å². The second-order valence-electron chi connectivity index (χ2n) is 9.31. The maximum Gasteiger partial charge on any atom is 0.129 e. The van der Waals surface area contributed by atoms with Gasteiger partial charge in [0, 0.05) is 23.2 Å². The first-order chi connectivity index (χ1) is 13.5. The van der Waals surface area contributed by atoms with Crippen molar-refractivity contribution in [1.82, 2.24) is 5.32 Å². The largest absolute Gasteiger partial charge is 0.488 e. The molecule has 2 atom stereocenters. The van der Waals surface area contributed by atoms with Gasteiger partial charge in [0.05, 0.1) is 5.60 Å². The molecule has 4 aliphatic carbocycles. The van der Waals surface area contributed by atoms with Crippen LogP contribution in [0.5, 0.6) is 5.75 Å². The first kappa shape index (κ1) is 20.6. The zero-order chi connectivity index (χ0) is 19.2. The molecule has 3 nitrogen and oxygen atoms in total. The normalized spacial score (nSPS) is 32.1. The van der Waals surface area contributed by atoms with Gasteiger partial charge in [0.15, 0.2) is 0 Å². The Kier molecular flexibility index (Phi) is 5.62. The van der Waals surface area contributed by atoms with Gasteiger partial charge in [-0.3, -0.25) is 0 Å². The van der Waals surface area contributed by atoms with E-state index in [0.29, 0.717) is 23.9 Å². The van der Waals surface area contributed by atoms with Crippen LogP contribution in [-0.4, -0.2) is 16.2 Å². The Bertz CT molecular complexity index is 859. The molecule has 4 bridgehead atoms. The number of rotatable bonds is 6. The van der Waals surface area contributed by atoms with Gasteiger partial charge >= 0.3 is 0 Å². The summed E-state index contributed by atoms with van der Waals surface area (Å²) in [5.74, 6) is 1.87. The van der Waals surface area contributed by atoms with Crippen LogP contribution in [0.2, 0.25) is 0 Å². The molecule has 2 unspecified atom stereocenters. The van der Waals surface area contributed by atoms with Gasteiger partial charge in [-0.2, -0.15) is 0 Å². The maximum atomic E-state index is 13.9. The topological polar surface area (TPSA) is 41.5 Å². The smallest absolute Gasteiger partial charge is 0.129 e. The summed E-state index contributed by atoms with van der Waals surface area (Å²) < 4.78 is 19.8. The number of halogens is 2. The quantitative estimate of drug-likeness (QED) is 0.694.